The van der Waals surface area contributed by atoms with Crippen molar-refractivity contribution in [1.29, 1.82) is 0 Å². The number of imidazole rings is 1. The second-order valence-corrected chi connectivity index (χ2v) is 5.32. The van der Waals surface area contributed by atoms with E-state index in [4.69, 9.17) is 0 Å². The molecule has 25 heavy (non-hydrogen) atoms. The predicted molar refractivity (Wildman–Crippen MR) is 92.9 cm³/mol. The van der Waals surface area contributed by atoms with Crippen molar-refractivity contribution in [1.82, 2.24) is 24.3 Å². The molecule has 3 aromatic heterocycles. The Hall–Kier alpha value is -3.74. The molecule has 1 amide bonds. The van der Waals surface area contributed by atoms with Crippen LogP contribution in [0.15, 0.2) is 79.9 Å². The van der Waals surface area contributed by atoms with Gasteiger partial charge in [0.15, 0.2) is 0 Å². The number of hydrogen-bond acceptors (Lipinski definition) is 4. The number of amides is 1. The fourth-order valence-corrected chi connectivity index (χ4v) is 2.52. The Kier molecular flexibility index (Phi) is 3.80. The molecule has 0 saturated heterocycles. The van der Waals surface area contributed by atoms with Crippen molar-refractivity contribution in [3.8, 4) is 11.4 Å². The summed E-state index contributed by atoms with van der Waals surface area (Å²) in [4.78, 5) is 20.8. The lowest BCUT2D eigenvalue weighted by Gasteiger charge is -2.11. The van der Waals surface area contributed by atoms with Gasteiger partial charge in [0.05, 0.1) is 29.6 Å². The number of benzene rings is 1. The Morgan fingerprint density at radius 1 is 1.00 bits per heavy atom. The fourth-order valence-electron chi connectivity index (χ4n) is 2.52. The van der Waals surface area contributed by atoms with Crippen molar-refractivity contribution >= 4 is 11.6 Å². The summed E-state index contributed by atoms with van der Waals surface area (Å²) in [5.74, 6) is -0.219. The lowest BCUT2D eigenvalue weighted by molar-refractivity contribution is 0.102. The molecule has 0 unspecified atom stereocenters. The van der Waals surface area contributed by atoms with Gasteiger partial charge in [-0.05, 0) is 30.3 Å². The Morgan fingerprint density at radius 2 is 1.96 bits per heavy atom. The van der Waals surface area contributed by atoms with E-state index in [-0.39, 0.29) is 5.91 Å². The topological polar surface area (TPSA) is 77.6 Å². The van der Waals surface area contributed by atoms with E-state index in [1.807, 2.05) is 41.2 Å². The van der Waals surface area contributed by atoms with Crippen LogP contribution in [0.3, 0.4) is 0 Å². The van der Waals surface area contributed by atoms with Crippen LogP contribution in [0, 0.1) is 0 Å². The van der Waals surface area contributed by atoms with Gasteiger partial charge in [-0.3, -0.25) is 9.78 Å². The summed E-state index contributed by atoms with van der Waals surface area (Å²) in [6, 6.07) is 10.9. The molecule has 0 aliphatic heterocycles. The van der Waals surface area contributed by atoms with Crippen LogP contribution < -0.4 is 5.32 Å². The standard InChI is InChI=1S/C18H14N6O/c25-18(14-3-1-4-15(11-14)24-9-2-6-21-24)22-16-12-19-7-5-17(16)23-10-8-20-13-23/h1-13H,(H,22,25). The third kappa shape index (κ3) is 3.02. The van der Waals surface area contributed by atoms with Crippen molar-refractivity contribution < 1.29 is 4.79 Å². The van der Waals surface area contributed by atoms with Gasteiger partial charge >= 0.3 is 0 Å². The van der Waals surface area contributed by atoms with Crippen LogP contribution in [0.1, 0.15) is 10.4 Å². The number of hydrogen-bond donors (Lipinski definition) is 1. The summed E-state index contributed by atoms with van der Waals surface area (Å²) < 4.78 is 3.52. The van der Waals surface area contributed by atoms with Gasteiger partial charge in [-0.15, -0.1) is 0 Å². The molecule has 0 fully saturated rings. The number of nitrogens with zero attached hydrogens (tertiary/aromatic N) is 5. The average molecular weight is 330 g/mol. The number of anilines is 1. The van der Waals surface area contributed by atoms with Crippen LogP contribution in [0.25, 0.3) is 11.4 Å². The zero-order valence-corrected chi connectivity index (χ0v) is 13.1. The van der Waals surface area contributed by atoms with Crippen LogP contribution in [-0.4, -0.2) is 30.2 Å². The highest BCUT2D eigenvalue weighted by Crippen LogP contribution is 2.19. The molecule has 0 bridgehead atoms. The third-order valence-corrected chi connectivity index (χ3v) is 3.71. The van der Waals surface area contributed by atoms with E-state index in [9.17, 15) is 4.79 Å². The summed E-state index contributed by atoms with van der Waals surface area (Å²) in [5, 5.41) is 7.09. The van der Waals surface area contributed by atoms with Crippen LogP contribution in [0.5, 0.6) is 0 Å². The van der Waals surface area contributed by atoms with Crippen molar-refractivity contribution in [3.05, 3.63) is 85.5 Å². The van der Waals surface area contributed by atoms with Gasteiger partial charge < -0.3 is 9.88 Å². The van der Waals surface area contributed by atoms with Crippen LogP contribution >= 0.6 is 0 Å². The van der Waals surface area contributed by atoms with Gasteiger partial charge in [-0.25, -0.2) is 9.67 Å². The van der Waals surface area contributed by atoms with Gasteiger partial charge in [0, 0.05) is 36.5 Å². The normalized spacial score (nSPS) is 10.6. The van der Waals surface area contributed by atoms with Gasteiger partial charge in [0.2, 0.25) is 0 Å². The molecule has 0 aliphatic carbocycles. The zero-order chi connectivity index (χ0) is 17.1. The van der Waals surface area contributed by atoms with E-state index in [1.165, 1.54) is 0 Å². The van der Waals surface area contributed by atoms with Gasteiger partial charge in [0.25, 0.3) is 5.91 Å². The molecule has 1 aromatic carbocycles. The minimum absolute atomic E-state index is 0.219. The Morgan fingerprint density at radius 3 is 2.76 bits per heavy atom. The monoisotopic (exact) mass is 330 g/mol. The molecule has 1 N–H and O–H groups in total. The molecule has 4 aromatic rings. The molecule has 3 heterocycles. The Labute approximate surface area is 143 Å². The molecule has 7 heteroatoms. The van der Waals surface area contributed by atoms with E-state index >= 15 is 0 Å². The molecule has 0 atom stereocenters. The van der Waals surface area contributed by atoms with E-state index in [1.54, 1.807) is 47.9 Å². The third-order valence-electron chi connectivity index (χ3n) is 3.71. The summed E-state index contributed by atoms with van der Waals surface area (Å²) in [7, 11) is 0. The van der Waals surface area contributed by atoms with E-state index in [0.717, 1.165) is 11.4 Å². The largest absolute Gasteiger partial charge is 0.319 e. The van der Waals surface area contributed by atoms with Crippen molar-refractivity contribution in [3.63, 3.8) is 0 Å². The first-order valence-electron chi connectivity index (χ1n) is 7.65. The van der Waals surface area contributed by atoms with Crippen LogP contribution in [-0.2, 0) is 0 Å². The molecule has 0 radical (unpaired) electrons. The number of aromatic nitrogens is 5. The summed E-state index contributed by atoms with van der Waals surface area (Å²) >= 11 is 0. The highest BCUT2D eigenvalue weighted by Gasteiger charge is 2.11. The maximum atomic E-state index is 12.7. The van der Waals surface area contributed by atoms with Crippen molar-refractivity contribution in [2.24, 2.45) is 0 Å². The quantitative estimate of drug-likeness (QED) is 0.624. The molecular formula is C18H14N6O. The van der Waals surface area contributed by atoms with Crippen molar-refractivity contribution in [2.45, 2.75) is 0 Å². The molecule has 0 aliphatic rings. The number of carbonyl (C=O) groups is 1. The lowest BCUT2D eigenvalue weighted by Crippen LogP contribution is -2.14. The second kappa shape index (κ2) is 6.40. The summed E-state index contributed by atoms with van der Waals surface area (Å²) in [6.45, 7) is 0. The fraction of sp³-hybridized carbons (Fsp3) is 0. The Balaban J connectivity index is 1.63. The van der Waals surface area contributed by atoms with E-state index in [2.05, 4.69) is 20.4 Å². The van der Waals surface area contributed by atoms with E-state index < -0.39 is 0 Å². The first-order valence-corrected chi connectivity index (χ1v) is 7.65. The minimum atomic E-state index is -0.219. The molecule has 0 spiro atoms. The maximum absolute atomic E-state index is 12.7. The number of carbonyl (C=O) groups excluding carboxylic acids is 1. The van der Waals surface area contributed by atoms with Gasteiger partial charge in [0.1, 0.15) is 0 Å². The first kappa shape index (κ1) is 14.8. The number of rotatable bonds is 4. The van der Waals surface area contributed by atoms with E-state index in [0.29, 0.717) is 11.3 Å². The minimum Gasteiger partial charge on any atom is -0.319 e. The Bertz CT molecular complexity index is 992. The molecule has 4 rings (SSSR count). The number of pyridine rings is 1. The summed E-state index contributed by atoms with van der Waals surface area (Å²) in [6.07, 6.45) is 12.0. The van der Waals surface area contributed by atoms with Crippen LogP contribution in [0.4, 0.5) is 5.69 Å². The first-order chi connectivity index (χ1) is 12.3. The predicted octanol–water partition coefficient (Wildman–Crippen LogP) is 2.71. The highest BCUT2D eigenvalue weighted by atomic mass is 16.1. The van der Waals surface area contributed by atoms with Crippen LogP contribution in [0.2, 0.25) is 0 Å². The second-order valence-electron chi connectivity index (χ2n) is 5.32. The van der Waals surface area contributed by atoms with Gasteiger partial charge in [-0.1, -0.05) is 6.07 Å². The molecule has 122 valence electrons. The molecular weight excluding hydrogens is 316 g/mol. The smallest absolute Gasteiger partial charge is 0.255 e. The zero-order valence-electron chi connectivity index (χ0n) is 13.1. The lowest BCUT2D eigenvalue weighted by atomic mass is 10.2. The molecule has 0 saturated carbocycles. The van der Waals surface area contributed by atoms with Crippen molar-refractivity contribution in [2.75, 3.05) is 5.32 Å². The highest BCUT2D eigenvalue weighted by molar-refractivity contribution is 6.05. The number of nitrogens with one attached hydrogen (secondary N) is 1. The summed E-state index contributed by atoms with van der Waals surface area (Å²) in [5.41, 5.74) is 2.76. The molecule has 7 nitrogen and oxygen atoms in total. The SMILES string of the molecule is O=C(Nc1cnccc1-n1ccnc1)c1cccc(-n2cccn2)c1. The van der Waals surface area contributed by atoms with Gasteiger partial charge in [-0.2, -0.15) is 5.10 Å². The maximum Gasteiger partial charge on any atom is 0.255 e. The average Bonchev–Trinajstić information content (AvgIpc) is 3.36.